The Hall–Kier alpha value is -1.30. The number of hydrogen-bond donors (Lipinski definition) is 1. The molecule has 0 amide bonds. The molecule has 3 nitrogen and oxygen atoms in total. The number of alkyl halides is 3. The molecule has 2 aliphatic rings. The largest absolute Gasteiger partial charge is 0.491 e. The number of nitrogens with one attached hydrogen (secondary N) is 1. The van der Waals surface area contributed by atoms with E-state index in [-0.39, 0.29) is 11.2 Å². The minimum absolute atomic E-state index is 0.147. The highest BCUT2D eigenvalue weighted by Gasteiger charge is 2.57. The summed E-state index contributed by atoms with van der Waals surface area (Å²) in [6, 6.07) is 1.00. The Morgan fingerprint density at radius 1 is 1.44 bits per heavy atom. The number of pyridine rings is 1. The number of aromatic nitrogens is 1. The van der Waals surface area contributed by atoms with Crippen molar-refractivity contribution in [2.75, 3.05) is 19.7 Å². The van der Waals surface area contributed by atoms with Gasteiger partial charge in [0.15, 0.2) is 0 Å². The van der Waals surface area contributed by atoms with Crippen molar-refractivity contribution < 1.29 is 17.9 Å². The summed E-state index contributed by atoms with van der Waals surface area (Å²) in [5, 5.41) is 3.26. The first-order valence-corrected chi connectivity index (χ1v) is 5.85. The maximum atomic E-state index is 12.5. The van der Waals surface area contributed by atoms with E-state index in [1.165, 1.54) is 6.20 Å². The summed E-state index contributed by atoms with van der Waals surface area (Å²) >= 11 is 0. The molecule has 98 valence electrons. The number of rotatable bonds is 3. The van der Waals surface area contributed by atoms with Gasteiger partial charge in [0.2, 0.25) is 0 Å². The molecule has 0 radical (unpaired) electrons. The van der Waals surface area contributed by atoms with Crippen molar-refractivity contribution in [2.24, 2.45) is 11.3 Å². The second-order valence-corrected chi connectivity index (χ2v) is 5.09. The molecule has 18 heavy (non-hydrogen) atoms. The van der Waals surface area contributed by atoms with Crippen LogP contribution in [0.4, 0.5) is 13.2 Å². The van der Waals surface area contributed by atoms with Gasteiger partial charge in [0.1, 0.15) is 5.75 Å². The SMILES string of the molecule is FC(F)(F)c1cncc(OCC23CNCC2C3)c1. The Bertz CT molecular complexity index is 463. The van der Waals surface area contributed by atoms with E-state index in [0.717, 1.165) is 31.8 Å². The van der Waals surface area contributed by atoms with Crippen LogP contribution in [0, 0.1) is 11.3 Å². The van der Waals surface area contributed by atoms with Gasteiger partial charge in [-0.1, -0.05) is 0 Å². The van der Waals surface area contributed by atoms with Crippen molar-refractivity contribution in [3.05, 3.63) is 24.0 Å². The van der Waals surface area contributed by atoms with Gasteiger partial charge in [0.25, 0.3) is 0 Å². The molecule has 0 aromatic carbocycles. The van der Waals surface area contributed by atoms with E-state index in [1.54, 1.807) is 0 Å². The number of fused-ring (bicyclic) bond motifs is 1. The van der Waals surface area contributed by atoms with Crippen LogP contribution in [0.15, 0.2) is 18.5 Å². The number of ether oxygens (including phenoxy) is 1. The molecule has 1 aromatic rings. The summed E-state index contributed by atoms with van der Waals surface area (Å²) in [6.45, 7) is 2.35. The first kappa shape index (κ1) is 11.8. The fraction of sp³-hybridized carbons (Fsp3) is 0.583. The van der Waals surface area contributed by atoms with Crippen molar-refractivity contribution in [3.8, 4) is 5.75 Å². The van der Waals surface area contributed by atoms with Crippen LogP contribution >= 0.6 is 0 Å². The Kier molecular flexibility index (Phi) is 2.52. The molecule has 0 spiro atoms. The van der Waals surface area contributed by atoms with Crippen molar-refractivity contribution >= 4 is 0 Å². The zero-order valence-electron chi connectivity index (χ0n) is 9.63. The normalized spacial score (nSPS) is 30.1. The number of piperidine rings is 1. The summed E-state index contributed by atoms with van der Waals surface area (Å²) < 4.78 is 42.9. The molecule has 2 heterocycles. The molecular weight excluding hydrogens is 245 g/mol. The predicted molar refractivity (Wildman–Crippen MR) is 58.1 cm³/mol. The van der Waals surface area contributed by atoms with Gasteiger partial charge < -0.3 is 10.1 Å². The van der Waals surface area contributed by atoms with Gasteiger partial charge in [-0.2, -0.15) is 13.2 Å². The van der Waals surface area contributed by atoms with E-state index in [1.807, 2.05) is 0 Å². The molecule has 1 aliphatic heterocycles. The van der Waals surface area contributed by atoms with E-state index in [0.29, 0.717) is 12.5 Å². The van der Waals surface area contributed by atoms with E-state index in [2.05, 4.69) is 10.3 Å². The Morgan fingerprint density at radius 3 is 2.89 bits per heavy atom. The highest BCUT2D eigenvalue weighted by molar-refractivity contribution is 5.26. The van der Waals surface area contributed by atoms with Crippen molar-refractivity contribution in [1.29, 1.82) is 0 Å². The summed E-state index contributed by atoms with van der Waals surface area (Å²) in [6.07, 6.45) is -1.14. The second kappa shape index (κ2) is 3.85. The van der Waals surface area contributed by atoms with Gasteiger partial charge in [-0.15, -0.1) is 0 Å². The third-order valence-corrected chi connectivity index (χ3v) is 3.79. The highest BCUT2D eigenvalue weighted by atomic mass is 19.4. The average molecular weight is 258 g/mol. The van der Waals surface area contributed by atoms with Gasteiger partial charge in [-0.25, -0.2) is 0 Å². The monoisotopic (exact) mass is 258 g/mol. The van der Waals surface area contributed by atoms with E-state index in [9.17, 15) is 13.2 Å². The van der Waals surface area contributed by atoms with E-state index in [4.69, 9.17) is 4.74 Å². The maximum Gasteiger partial charge on any atom is 0.418 e. The van der Waals surface area contributed by atoms with Gasteiger partial charge >= 0.3 is 6.18 Å². The van der Waals surface area contributed by atoms with Crippen LogP contribution in [-0.2, 0) is 6.18 Å². The Balaban J connectivity index is 1.66. The zero-order chi connectivity index (χ0) is 12.8. The third kappa shape index (κ3) is 2.05. The van der Waals surface area contributed by atoms with Crippen LogP contribution in [0.5, 0.6) is 5.75 Å². The van der Waals surface area contributed by atoms with Gasteiger partial charge in [0, 0.05) is 18.2 Å². The molecule has 1 N–H and O–H groups in total. The molecule has 2 atom stereocenters. The summed E-state index contributed by atoms with van der Waals surface area (Å²) in [5.41, 5.74) is -0.622. The van der Waals surface area contributed by atoms with Crippen LogP contribution in [-0.4, -0.2) is 24.7 Å². The molecule has 1 aromatic heterocycles. The molecule has 1 saturated carbocycles. The molecule has 6 heteroatoms. The zero-order valence-corrected chi connectivity index (χ0v) is 9.63. The minimum Gasteiger partial charge on any atom is -0.491 e. The van der Waals surface area contributed by atoms with E-state index >= 15 is 0 Å². The third-order valence-electron chi connectivity index (χ3n) is 3.79. The van der Waals surface area contributed by atoms with Crippen LogP contribution in [0.25, 0.3) is 0 Å². The quantitative estimate of drug-likeness (QED) is 0.901. The van der Waals surface area contributed by atoms with Gasteiger partial charge in [-0.3, -0.25) is 4.98 Å². The lowest BCUT2D eigenvalue weighted by atomic mass is 10.1. The molecule has 3 rings (SSSR count). The van der Waals surface area contributed by atoms with Crippen LogP contribution < -0.4 is 10.1 Å². The topological polar surface area (TPSA) is 34.1 Å². The molecule has 0 bridgehead atoms. The maximum absolute atomic E-state index is 12.5. The lowest BCUT2D eigenvalue weighted by Gasteiger charge is -2.14. The number of hydrogen-bond acceptors (Lipinski definition) is 3. The second-order valence-electron chi connectivity index (χ2n) is 5.09. The summed E-state index contributed by atoms with van der Waals surface area (Å²) in [7, 11) is 0. The van der Waals surface area contributed by atoms with Crippen molar-refractivity contribution in [3.63, 3.8) is 0 Å². The predicted octanol–water partition coefficient (Wildman–Crippen LogP) is 2.09. The Morgan fingerprint density at radius 2 is 2.28 bits per heavy atom. The van der Waals surface area contributed by atoms with Crippen molar-refractivity contribution in [2.45, 2.75) is 12.6 Å². The average Bonchev–Trinajstić information content (AvgIpc) is 2.88. The lowest BCUT2D eigenvalue weighted by molar-refractivity contribution is -0.138. The van der Waals surface area contributed by atoms with E-state index < -0.39 is 11.7 Å². The molecule has 2 fully saturated rings. The number of nitrogens with zero attached hydrogens (tertiary/aromatic N) is 1. The van der Waals surface area contributed by atoms with Crippen molar-refractivity contribution in [1.82, 2.24) is 10.3 Å². The fourth-order valence-corrected chi connectivity index (χ4v) is 2.54. The lowest BCUT2D eigenvalue weighted by Crippen LogP contribution is -2.22. The molecule has 2 unspecified atom stereocenters. The molecule has 1 saturated heterocycles. The molecular formula is C12H13F3N2O. The molecule has 1 aliphatic carbocycles. The Labute approximate surface area is 102 Å². The number of halogens is 3. The first-order valence-electron chi connectivity index (χ1n) is 5.85. The van der Waals surface area contributed by atoms with Crippen LogP contribution in [0.1, 0.15) is 12.0 Å². The summed E-state index contributed by atoms with van der Waals surface area (Å²) in [4.78, 5) is 3.57. The smallest absolute Gasteiger partial charge is 0.418 e. The minimum atomic E-state index is -4.37. The standard InChI is InChI=1S/C12H13F3N2O/c13-12(14,15)8-1-10(5-16-3-8)18-7-11-2-9(11)4-17-6-11/h1,3,5,9,17H,2,4,6-7H2. The van der Waals surface area contributed by atoms with Crippen LogP contribution in [0.3, 0.4) is 0 Å². The van der Waals surface area contributed by atoms with Gasteiger partial charge in [0.05, 0.1) is 18.4 Å². The fourth-order valence-electron chi connectivity index (χ4n) is 2.54. The summed E-state index contributed by atoms with van der Waals surface area (Å²) in [5.74, 6) is 0.813. The van der Waals surface area contributed by atoms with Crippen LogP contribution in [0.2, 0.25) is 0 Å². The first-order chi connectivity index (χ1) is 8.50. The van der Waals surface area contributed by atoms with Gasteiger partial charge in [-0.05, 0) is 24.9 Å². The highest BCUT2D eigenvalue weighted by Crippen LogP contribution is 2.54.